The van der Waals surface area contributed by atoms with Gasteiger partial charge < -0.3 is 4.74 Å². The first-order valence-electron chi connectivity index (χ1n) is 6.37. The number of rotatable bonds is 7. The fraction of sp³-hybridized carbons (Fsp3) is 0.533. The van der Waals surface area contributed by atoms with Crippen molar-refractivity contribution in [1.29, 1.82) is 0 Å². The standard InChI is InChI=1S/C15H21ClO2/c1-11(2)7-12(3)8-14(17)10-18-15-6-4-5-13(16)9-15/h4-6,9,11-12H,7-8,10H2,1-3H3. The topological polar surface area (TPSA) is 26.3 Å². The molecule has 0 aliphatic heterocycles. The summed E-state index contributed by atoms with van der Waals surface area (Å²) in [5, 5.41) is 0.619. The molecular weight excluding hydrogens is 248 g/mol. The Morgan fingerprint density at radius 1 is 1.33 bits per heavy atom. The van der Waals surface area contributed by atoms with E-state index in [9.17, 15) is 4.79 Å². The highest BCUT2D eigenvalue weighted by Gasteiger charge is 2.11. The summed E-state index contributed by atoms with van der Waals surface area (Å²) in [5.41, 5.74) is 0. The van der Waals surface area contributed by atoms with Gasteiger partial charge >= 0.3 is 0 Å². The van der Waals surface area contributed by atoms with E-state index >= 15 is 0 Å². The van der Waals surface area contributed by atoms with Crippen LogP contribution in [0, 0.1) is 11.8 Å². The summed E-state index contributed by atoms with van der Waals surface area (Å²) < 4.78 is 5.42. The van der Waals surface area contributed by atoms with Gasteiger partial charge in [-0.25, -0.2) is 0 Å². The van der Waals surface area contributed by atoms with E-state index in [0.717, 1.165) is 6.42 Å². The molecule has 0 N–H and O–H groups in total. The summed E-state index contributed by atoms with van der Waals surface area (Å²) in [7, 11) is 0. The van der Waals surface area contributed by atoms with Crippen LogP contribution < -0.4 is 4.74 Å². The Balaban J connectivity index is 2.33. The Morgan fingerprint density at radius 3 is 2.67 bits per heavy atom. The fourth-order valence-corrected chi connectivity index (χ4v) is 2.24. The average molecular weight is 269 g/mol. The van der Waals surface area contributed by atoms with Gasteiger partial charge in [-0.05, 0) is 36.5 Å². The second-order valence-electron chi connectivity index (χ2n) is 5.22. The minimum atomic E-state index is 0.128. The Morgan fingerprint density at radius 2 is 2.06 bits per heavy atom. The first-order chi connectivity index (χ1) is 8.47. The number of Topliss-reactive ketones (excluding diaryl/α,β-unsaturated/α-hetero) is 1. The molecule has 0 saturated heterocycles. The second kappa shape index (κ2) is 7.42. The minimum Gasteiger partial charge on any atom is -0.486 e. The molecular formula is C15H21ClO2. The van der Waals surface area contributed by atoms with E-state index in [4.69, 9.17) is 16.3 Å². The van der Waals surface area contributed by atoms with Crippen LogP contribution in [0.5, 0.6) is 5.75 Å². The molecule has 0 spiro atoms. The number of carbonyl (C=O) groups excluding carboxylic acids is 1. The monoisotopic (exact) mass is 268 g/mol. The lowest BCUT2D eigenvalue weighted by molar-refractivity contribution is -0.121. The fourth-order valence-electron chi connectivity index (χ4n) is 2.06. The third-order valence-corrected chi connectivity index (χ3v) is 2.88. The molecule has 0 heterocycles. The maximum Gasteiger partial charge on any atom is 0.170 e. The number of ketones is 1. The molecule has 100 valence electrons. The molecule has 0 aromatic heterocycles. The van der Waals surface area contributed by atoms with E-state index in [1.54, 1.807) is 18.2 Å². The van der Waals surface area contributed by atoms with Crippen molar-refractivity contribution in [3.8, 4) is 5.75 Å². The van der Waals surface area contributed by atoms with Gasteiger partial charge in [0.05, 0.1) is 0 Å². The lowest BCUT2D eigenvalue weighted by Gasteiger charge is -2.13. The van der Waals surface area contributed by atoms with E-state index in [1.165, 1.54) is 0 Å². The van der Waals surface area contributed by atoms with E-state index in [0.29, 0.717) is 29.0 Å². The number of ether oxygens (including phenoxy) is 1. The van der Waals surface area contributed by atoms with Crippen LogP contribution >= 0.6 is 11.6 Å². The van der Waals surface area contributed by atoms with Gasteiger partial charge in [0.15, 0.2) is 5.78 Å². The second-order valence-corrected chi connectivity index (χ2v) is 5.66. The number of halogens is 1. The molecule has 0 radical (unpaired) electrons. The highest BCUT2D eigenvalue weighted by molar-refractivity contribution is 6.30. The molecule has 2 nitrogen and oxygen atoms in total. The highest BCUT2D eigenvalue weighted by atomic mass is 35.5. The van der Waals surface area contributed by atoms with Crippen LogP contribution in [-0.2, 0) is 4.79 Å². The first kappa shape index (κ1) is 15.0. The average Bonchev–Trinajstić information content (AvgIpc) is 2.25. The molecule has 0 saturated carbocycles. The van der Waals surface area contributed by atoms with Crippen molar-refractivity contribution in [3.63, 3.8) is 0 Å². The van der Waals surface area contributed by atoms with Crippen molar-refractivity contribution in [3.05, 3.63) is 29.3 Å². The number of benzene rings is 1. The van der Waals surface area contributed by atoms with Crippen LogP contribution in [0.3, 0.4) is 0 Å². The molecule has 1 aromatic carbocycles. The molecule has 1 rings (SSSR count). The van der Waals surface area contributed by atoms with Crippen molar-refractivity contribution in [2.24, 2.45) is 11.8 Å². The van der Waals surface area contributed by atoms with Gasteiger partial charge in [-0.1, -0.05) is 38.4 Å². The molecule has 1 atom stereocenters. The van der Waals surface area contributed by atoms with Crippen LogP contribution in [-0.4, -0.2) is 12.4 Å². The summed E-state index contributed by atoms with van der Waals surface area (Å²) in [4.78, 5) is 11.7. The van der Waals surface area contributed by atoms with Gasteiger partial charge in [0.25, 0.3) is 0 Å². The smallest absolute Gasteiger partial charge is 0.170 e. The lowest BCUT2D eigenvalue weighted by Crippen LogP contribution is -2.15. The quantitative estimate of drug-likeness (QED) is 0.734. The first-order valence-corrected chi connectivity index (χ1v) is 6.75. The third kappa shape index (κ3) is 6.06. The van der Waals surface area contributed by atoms with Gasteiger partial charge in [0, 0.05) is 11.4 Å². The predicted molar refractivity (Wildman–Crippen MR) is 75.2 cm³/mol. The summed E-state index contributed by atoms with van der Waals surface area (Å²) in [6.45, 7) is 6.58. The van der Waals surface area contributed by atoms with Crippen LogP contribution in [0.15, 0.2) is 24.3 Å². The number of hydrogen-bond acceptors (Lipinski definition) is 2. The molecule has 0 bridgehead atoms. The van der Waals surface area contributed by atoms with E-state index in [-0.39, 0.29) is 12.4 Å². The number of carbonyl (C=O) groups is 1. The molecule has 0 aliphatic rings. The summed E-state index contributed by atoms with van der Waals surface area (Å²) in [6, 6.07) is 7.10. The van der Waals surface area contributed by atoms with Gasteiger partial charge in [0.1, 0.15) is 12.4 Å². The Hall–Kier alpha value is -1.02. The number of hydrogen-bond donors (Lipinski definition) is 0. The highest BCUT2D eigenvalue weighted by Crippen LogP contribution is 2.18. The van der Waals surface area contributed by atoms with Crippen LogP contribution in [0.1, 0.15) is 33.6 Å². The van der Waals surface area contributed by atoms with E-state index in [1.807, 2.05) is 6.07 Å². The van der Waals surface area contributed by atoms with Gasteiger partial charge in [-0.15, -0.1) is 0 Å². The van der Waals surface area contributed by atoms with Crippen LogP contribution in [0.25, 0.3) is 0 Å². The van der Waals surface area contributed by atoms with Crippen LogP contribution in [0.2, 0.25) is 5.02 Å². The molecule has 3 heteroatoms. The summed E-state index contributed by atoms with van der Waals surface area (Å²) in [6.07, 6.45) is 1.65. The zero-order valence-electron chi connectivity index (χ0n) is 11.3. The lowest BCUT2D eigenvalue weighted by atomic mass is 9.94. The molecule has 0 fully saturated rings. The third-order valence-electron chi connectivity index (χ3n) is 2.65. The summed E-state index contributed by atoms with van der Waals surface area (Å²) >= 11 is 5.84. The van der Waals surface area contributed by atoms with Gasteiger partial charge in [-0.2, -0.15) is 0 Å². The summed E-state index contributed by atoms with van der Waals surface area (Å²) in [5.74, 6) is 1.83. The maximum absolute atomic E-state index is 11.7. The molecule has 0 amide bonds. The molecule has 1 unspecified atom stereocenters. The Labute approximate surface area is 114 Å². The van der Waals surface area contributed by atoms with Crippen LogP contribution in [0.4, 0.5) is 0 Å². The van der Waals surface area contributed by atoms with Gasteiger partial charge in [0.2, 0.25) is 0 Å². The molecule has 1 aromatic rings. The Kier molecular flexibility index (Phi) is 6.20. The minimum absolute atomic E-state index is 0.128. The van der Waals surface area contributed by atoms with Crippen molar-refractivity contribution < 1.29 is 9.53 Å². The largest absolute Gasteiger partial charge is 0.486 e. The van der Waals surface area contributed by atoms with Crippen molar-refractivity contribution in [2.75, 3.05) is 6.61 Å². The zero-order chi connectivity index (χ0) is 13.5. The molecule has 18 heavy (non-hydrogen) atoms. The van der Waals surface area contributed by atoms with Crippen molar-refractivity contribution in [1.82, 2.24) is 0 Å². The maximum atomic E-state index is 11.7. The zero-order valence-corrected chi connectivity index (χ0v) is 12.0. The SMILES string of the molecule is CC(C)CC(C)CC(=O)COc1cccc(Cl)c1. The predicted octanol–water partition coefficient (Wildman–Crippen LogP) is 4.36. The van der Waals surface area contributed by atoms with E-state index < -0.39 is 0 Å². The molecule has 0 aliphatic carbocycles. The normalized spacial score (nSPS) is 12.5. The Bertz CT molecular complexity index is 388. The van der Waals surface area contributed by atoms with Gasteiger partial charge in [-0.3, -0.25) is 4.79 Å². The van der Waals surface area contributed by atoms with E-state index in [2.05, 4.69) is 20.8 Å². The van der Waals surface area contributed by atoms with Crippen molar-refractivity contribution in [2.45, 2.75) is 33.6 Å². The van der Waals surface area contributed by atoms with Crippen molar-refractivity contribution >= 4 is 17.4 Å².